The number of nitrogens with zero attached hydrogens (tertiary/aromatic N) is 6. The van der Waals surface area contributed by atoms with Crippen molar-refractivity contribution in [3.63, 3.8) is 0 Å². The summed E-state index contributed by atoms with van der Waals surface area (Å²) in [6, 6.07) is 18.7. The number of nitriles is 1. The van der Waals surface area contributed by atoms with E-state index in [1.54, 1.807) is 39.8 Å². The van der Waals surface area contributed by atoms with E-state index in [0.717, 1.165) is 19.4 Å². The fraction of sp³-hybridized carbons (Fsp3) is 0.276. The van der Waals surface area contributed by atoms with Crippen LogP contribution in [0.2, 0.25) is 0 Å². The van der Waals surface area contributed by atoms with Gasteiger partial charge in [0.2, 0.25) is 0 Å². The zero-order valence-corrected chi connectivity index (χ0v) is 21.7. The predicted octanol–water partition coefficient (Wildman–Crippen LogP) is 2.62. The van der Waals surface area contributed by atoms with E-state index >= 15 is 0 Å². The standard InChI is InChI=1S/C29H28N8O3/c30-14-20(13-21-5-4-12-32-21)28(38)35-15-19(16-35)17-36-27-25(26(31)33-18-34-27)37(29(36)39)22-8-10-24(11-9-22)40-23-6-2-1-3-7-23/h1-3,6-11,13,18-19,21,32H,4-5,12,15-17H2,(H2,31,33,34)/b20-13+/t21-/m0/s1. The molecule has 1 amide bonds. The third kappa shape index (κ3) is 4.81. The molecule has 2 aromatic heterocycles. The Bertz CT molecular complexity index is 1670. The van der Waals surface area contributed by atoms with Gasteiger partial charge in [0.25, 0.3) is 5.91 Å². The number of para-hydroxylation sites is 1. The summed E-state index contributed by atoms with van der Waals surface area (Å²) in [7, 11) is 0. The highest BCUT2D eigenvalue weighted by Gasteiger charge is 2.34. The minimum atomic E-state index is -0.298. The van der Waals surface area contributed by atoms with Crippen molar-refractivity contribution in [1.82, 2.24) is 29.3 Å². The van der Waals surface area contributed by atoms with Gasteiger partial charge >= 0.3 is 5.69 Å². The van der Waals surface area contributed by atoms with E-state index in [1.807, 2.05) is 30.3 Å². The van der Waals surface area contributed by atoms with Gasteiger partial charge in [0, 0.05) is 31.6 Å². The average Bonchev–Trinajstić information content (AvgIpc) is 3.56. The summed E-state index contributed by atoms with van der Waals surface area (Å²) >= 11 is 0. The van der Waals surface area contributed by atoms with Crippen LogP contribution in [0.25, 0.3) is 16.9 Å². The monoisotopic (exact) mass is 536 g/mol. The lowest BCUT2D eigenvalue weighted by atomic mass is 9.98. The highest BCUT2D eigenvalue weighted by molar-refractivity contribution is 5.97. The first-order chi connectivity index (χ1) is 19.5. The largest absolute Gasteiger partial charge is 0.457 e. The zero-order valence-electron chi connectivity index (χ0n) is 21.7. The van der Waals surface area contributed by atoms with Gasteiger partial charge in [-0.3, -0.25) is 13.9 Å². The number of anilines is 1. The van der Waals surface area contributed by atoms with Crippen LogP contribution in [0.15, 0.2) is 77.4 Å². The average molecular weight is 537 g/mol. The van der Waals surface area contributed by atoms with Crippen LogP contribution in [0.1, 0.15) is 12.8 Å². The summed E-state index contributed by atoms with van der Waals surface area (Å²) in [5.41, 5.74) is 7.54. The molecule has 0 bridgehead atoms. The summed E-state index contributed by atoms with van der Waals surface area (Å²) in [6.45, 7) is 2.14. The first-order valence-electron chi connectivity index (χ1n) is 13.2. The number of ether oxygens (including phenoxy) is 1. The quantitative estimate of drug-likeness (QED) is 0.271. The molecule has 2 aromatic carbocycles. The van der Waals surface area contributed by atoms with Crippen LogP contribution in [0, 0.1) is 17.2 Å². The van der Waals surface area contributed by atoms with Gasteiger partial charge in [0.1, 0.15) is 35.0 Å². The second kappa shape index (κ2) is 10.7. The van der Waals surface area contributed by atoms with Crippen LogP contribution in [0.4, 0.5) is 5.82 Å². The molecule has 3 N–H and O–H groups in total. The van der Waals surface area contributed by atoms with Crippen molar-refractivity contribution in [2.24, 2.45) is 5.92 Å². The Morgan fingerprint density at radius 1 is 1.12 bits per heavy atom. The molecular weight excluding hydrogens is 508 g/mol. The van der Waals surface area contributed by atoms with Crippen molar-refractivity contribution < 1.29 is 9.53 Å². The van der Waals surface area contributed by atoms with Crippen molar-refractivity contribution >= 4 is 22.9 Å². The van der Waals surface area contributed by atoms with Gasteiger partial charge in [-0.05, 0) is 61.9 Å². The van der Waals surface area contributed by atoms with E-state index in [0.29, 0.717) is 48.0 Å². The fourth-order valence-electron chi connectivity index (χ4n) is 5.28. The molecule has 40 heavy (non-hydrogen) atoms. The first kappa shape index (κ1) is 25.3. The topological polar surface area (TPSA) is 144 Å². The number of carbonyl (C=O) groups excluding carboxylic acids is 1. The molecule has 202 valence electrons. The molecular formula is C29H28N8O3. The van der Waals surface area contributed by atoms with Crippen LogP contribution < -0.4 is 21.5 Å². The molecule has 0 aliphatic carbocycles. The van der Waals surface area contributed by atoms with E-state index in [-0.39, 0.29) is 34.9 Å². The molecule has 0 saturated carbocycles. The molecule has 1 atom stereocenters. The van der Waals surface area contributed by atoms with Crippen LogP contribution >= 0.6 is 0 Å². The number of hydrogen-bond acceptors (Lipinski definition) is 8. The molecule has 0 unspecified atom stereocenters. The van der Waals surface area contributed by atoms with Crippen molar-refractivity contribution in [3.05, 3.63) is 83.1 Å². The minimum Gasteiger partial charge on any atom is -0.457 e. The van der Waals surface area contributed by atoms with Crippen LogP contribution in [0.3, 0.4) is 0 Å². The molecule has 2 saturated heterocycles. The number of nitrogen functional groups attached to an aromatic ring is 1. The number of fused-ring (bicyclic) bond motifs is 1. The van der Waals surface area contributed by atoms with Crippen molar-refractivity contribution in [3.8, 4) is 23.3 Å². The number of amides is 1. The molecule has 4 aromatic rings. The minimum absolute atomic E-state index is 0.0306. The maximum Gasteiger partial charge on any atom is 0.335 e. The van der Waals surface area contributed by atoms with Gasteiger partial charge in [0.15, 0.2) is 11.5 Å². The molecule has 0 spiro atoms. The van der Waals surface area contributed by atoms with Crippen LogP contribution in [0.5, 0.6) is 11.5 Å². The summed E-state index contributed by atoms with van der Waals surface area (Å²) in [5, 5.41) is 12.8. The number of rotatable bonds is 7. The number of aromatic nitrogens is 4. The molecule has 2 aliphatic rings. The number of imidazole rings is 1. The fourth-order valence-corrected chi connectivity index (χ4v) is 5.28. The van der Waals surface area contributed by atoms with Gasteiger partial charge < -0.3 is 20.7 Å². The maximum atomic E-state index is 13.7. The maximum absolute atomic E-state index is 13.7. The molecule has 0 radical (unpaired) electrons. The molecule has 2 aliphatic heterocycles. The Balaban J connectivity index is 1.22. The third-order valence-corrected chi connectivity index (χ3v) is 7.31. The molecule has 11 nitrogen and oxygen atoms in total. The van der Waals surface area contributed by atoms with Crippen LogP contribution in [-0.2, 0) is 11.3 Å². The molecule has 4 heterocycles. The molecule has 11 heteroatoms. The summed E-state index contributed by atoms with van der Waals surface area (Å²) in [5.74, 6) is 1.29. The van der Waals surface area contributed by atoms with Gasteiger partial charge in [-0.15, -0.1) is 0 Å². The highest BCUT2D eigenvalue weighted by atomic mass is 16.5. The van der Waals surface area contributed by atoms with Gasteiger partial charge in [-0.2, -0.15) is 5.26 Å². The number of carbonyl (C=O) groups is 1. The Kier molecular flexibility index (Phi) is 6.76. The SMILES string of the molecule is N#C/C(=C\[C@@H]1CCCN1)C(=O)N1CC(Cn2c(=O)n(-c3ccc(Oc4ccccc4)cc3)c3c(N)ncnc32)C1. The summed E-state index contributed by atoms with van der Waals surface area (Å²) < 4.78 is 8.96. The zero-order chi connectivity index (χ0) is 27.6. The summed E-state index contributed by atoms with van der Waals surface area (Å²) in [4.78, 5) is 36.7. The number of nitrogens with one attached hydrogen (secondary N) is 1. The smallest absolute Gasteiger partial charge is 0.335 e. The number of nitrogens with two attached hydrogens (primary N) is 1. The Morgan fingerprint density at radius 3 is 2.58 bits per heavy atom. The normalized spacial score (nSPS) is 17.5. The Hall–Kier alpha value is -4.95. The predicted molar refractivity (Wildman–Crippen MR) is 149 cm³/mol. The van der Waals surface area contributed by atoms with E-state index < -0.39 is 0 Å². The van der Waals surface area contributed by atoms with Gasteiger partial charge in [-0.25, -0.2) is 14.8 Å². The van der Waals surface area contributed by atoms with Crippen LogP contribution in [-0.4, -0.2) is 55.6 Å². The molecule has 2 fully saturated rings. The van der Waals surface area contributed by atoms with E-state index in [4.69, 9.17) is 10.5 Å². The Morgan fingerprint density at radius 2 is 1.88 bits per heavy atom. The van der Waals surface area contributed by atoms with Crippen molar-refractivity contribution in [1.29, 1.82) is 5.26 Å². The third-order valence-electron chi connectivity index (χ3n) is 7.31. The lowest BCUT2D eigenvalue weighted by Crippen LogP contribution is -2.52. The van der Waals surface area contributed by atoms with Crippen molar-refractivity contribution in [2.75, 3.05) is 25.4 Å². The van der Waals surface area contributed by atoms with Crippen molar-refractivity contribution in [2.45, 2.75) is 25.4 Å². The Labute approximate surface area is 230 Å². The van der Waals surface area contributed by atoms with Gasteiger partial charge in [-0.1, -0.05) is 18.2 Å². The number of likely N-dealkylation sites (tertiary alicyclic amines) is 1. The lowest BCUT2D eigenvalue weighted by Gasteiger charge is -2.39. The lowest BCUT2D eigenvalue weighted by molar-refractivity contribution is -0.133. The molecule has 6 rings (SSSR count). The number of benzene rings is 2. The second-order valence-corrected chi connectivity index (χ2v) is 10.0. The van der Waals surface area contributed by atoms with E-state index in [2.05, 4.69) is 21.4 Å². The van der Waals surface area contributed by atoms with E-state index in [1.165, 1.54) is 10.9 Å². The summed E-state index contributed by atoms with van der Waals surface area (Å²) in [6.07, 6.45) is 5.02. The second-order valence-electron chi connectivity index (χ2n) is 10.0. The van der Waals surface area contributed by atoms with Gasteiger partial charge in [0.05, 0.1) is 5.69 Å². The van der Waals surface area contributed by atoms with E-state index in [9.17, 15) is 14.9 Å². The first-order valence-corrected chi connectivity index (χ1v) is 13.2. The highest BCUT2D eigenvalue weighted by Crippen LogP contribution is 2.27. The number of hydrogen-bond donors (Lipinski definition) is 2.